The van der Waals surface area contributed by atoms with E-state index < -0.39 is 23.6 Å². The molecule has 0 saturated heterocycles. The smallest absolute Gasteiger partial charge is 0.330 e. The van der Waals surface area contributed by atoms with E-state index in [0.29, 0.717) is 0 Å². The molecule has 0 aromatic heterocycles. The highest BCUT2D eigenvalue weighted by Gasteiger charge is 2.19. The Kier molecular flexibility index (Phi) is 5.32. The molecule has 0 aliphatic heterocycles. The van der Waals surface area contributed by atoms with Crippen LogP contribution in [-0.4, -0.2) is 28.7 Å². The van der Waals surface area contributed by atoms with Gasteiger partial charge in [0, 0.05) is 5.54 Å². The first-order valence-electron chi connectivity index (χ1n) is 6.33. The summed E-state index contributed by atoms with van der Waals surface area (Å²) < 4.78 is 0. The van der Waals surface area contributed by atoms with Gasteiger partial charge in [0.25, 0.3) is 0 Å². The first kappa shape index (κ1) is 15.8. The Morgan fingerprint density at radius 2 is 1.80 bits per heavy atom. The molecule has 0 saturated carbocycles. The lowest BCUT2D eigenvalue weighted by molar-refractivity contribution is -0.137. The molecule has 1 atom stereocenters. The molecule has 0 bridgehead atoms. The van der Waals surface area contributed by atoms with Gasteiger partial charge in [0.2, 0.25) is 0 Å². The Balaban J connectivity index is 2.69. The molecule has 5 heteroatoms. The Labute approximate surface area is 118 Å². The van der Waals surface area contributed by atoms with Crippen LogP contribution in [0.15, 0.2) is 36.4 Å². The van der Waals surface area contributed by atoms with E-state index in [-0.39, 0.29) is 0 Å². The first-order chi connectivity index (χ1) is 9.28. The molecule has 108 valence electrons. The molecular weight excluding hydrogens is 256 g/mol. The van der Waals surface area contributed by atoms with Gasteiger partial charge in [-0.1, -0.05) is 42.5 Å². The average Bonchev–Trinajstić information content (AvgIpc) is 2.33. The molecule has 20 heavy (non-hydrogen) atoms. The minimum absolute atomic E-state index is 0.420. The third-order valence-electron chi connectivity index (χ3n) is 2.32. The van der Waals surface area contributed by atoms with Crippen LogP contribution in [0.5, 0.6) is 0 Å². The summed E-state index contributed by atoms with van der Waals surface area (Å²) in [6, 6.07) is 7.71. The zero-order chi connectivity index (χ0) is 15.2. The summed E-state index contributed by atoms with van der Waals surface area (Å²) >= 11 is 0. The van der Waals surface area contributed by atoms with Crippen molar-refractivity contribution in [2.45, 2.75) is 32.4 Å². The van der Waals surface area contributed by atoms with Crippen LogP contribution in [0.25, 0.3) is 6.08 Å². The van der Waals surface area contributed by atoms with Crippen LogP contribution in [0.2, 0.25) is 0 Å². The molecule has 0 unspecified atom stereocenters. The fraction of sp³-hybridized carbons (Fsp3) is 0.333. The van der Waals surface area contributed by atoms with Gasteiger partial charge in [-0.25, -0.2) is 9.59 Å². The third kappa shape index (κ3) is 6.04. The minimum Gasteiger partial charge on any atom is -0.479 e. The highest BCUT2D eigenvalue weighted by atomic mass is 16.4. The van der Waals surface area contributed by atoms with Gasteiger partial charge in [-0.3, -0.25) is 0 Å². The maximum atomic E-state index is 11.7. The lowest BCUT2D eigenvalue weighted by Crippen LogP contribution is -2.51. The summed E-state index contributed by atoms with van der Waals surface area (Å²) in [4.78, 5) is 22.8. The van der Waals surface area contributed by atoms with E-state index in [1.807, 2.05) is 51.1 Å². The Hall–Kier alpha value is -2.30. The number of carbonyl (C=O) groups excluding carboxylic acids is 1. The van der Waals surface area contributed by atoms with E-state index in [9.17, 15) is 9.59 Å². The number of carboxylic acids is 1. The predicted molar refractivity (Wildman–Crippen MR) is 78.3 cm³/mol. The van der Waals surface area contributed by atoms with Crippen molar-refractivity contribution >= 4 is 18.1 Å². The summed E-state index contributed by atoms with van der Waals surface area (Å²) in [7, 11) is 0. The summed E-state index contributed by atoms with van der Waals surface area (Å²) in [5.41, 5.74) is 0.452. The van der Waals surface area contributed by atoms with Gasteiger partial charge in [0.15, 0.2) is 0 Å². The summed E-state index contributed by atoms with van der Waals surface area (Å²) in [5.74, 6) is -1.11. The van der Waals surface area contributed by atoms with Gasteiger partial charge in [-0.2, -0.15) is 0 Å². The predicted octanol–water partition coefficient (Wildman–Crippen LogP) is 2.25. The van der Waals surface area contributed by atoms with E-state index in [1.54, 1.807) is 6.08 Å². The van der Waals surface area contributed by atoms with Crippen molar-refractivity contribution in [3.63, 3.8) is 0 Å². The summed E-state index contributed by atoms with van der Waals surface area (Å²) in [6.07, 6.45) is 3.11. The van der Waals surface area contributed by atoms with Crippen LogP contribution < -0.4 is 10.6 Å². The lowest BCUT2D eigenvalue weighted by Gasteiger charge is -2.22. The monoisotopic (exact) mass is 276 g/mol. The van der Waals surface area contributed by atoms with Crippen molar-refractivity contribution in [1.82, 2.24) is 10.6 Å². The molecule has 0 fully saturated rings. The van der Waals surface area contributed by atoms with Crippen molar-refractivity contribution in [2.75, 3.05) is 0 Å². The van der Waals surface area contributed by atoms with Gasteiger partial charge >= 0.3 is 12.0 Å². The fourth-order valence-corrected chi connectivity index (χ4v) is 1.48. The van der Waals surface area contributed by atoms with E-state index in [1.165, 1.54) is 6.08 Å². The fourth-order valence-electron chi connectivity index (χ4n) is 1.48. The van der Waals surface area contributed by atoms with Crippen LogP contribution in [0.4, 0.5) is 4.79 Å². The number of benzene rings is 1. The van der Waals surface area contributed by atoms with Crippen molar-refractivity contribution < 1.29 is 14.7 Å². The van der Waals surface area contributed by atoms with E-state index >= 15 is 0 Å². The second kappa shape index (κ2) is 6.75. The van der Waals surface area contributed by atoms with Crippen LogP contribution >= 0.6 is 0 Å². The van der Waals surface area contributed by atoms with Crippen molar-refractivity contribution in [3.8, 4) is 0 Å². The zero-order valence-corrected chi connectivity index (χ0v) is 11.9. The van der Waals surface area contributed by atoms with Crippen LogP contribution in [0, 0.1) is 0 Å². The van der Waals surface area contributed by atoms with Crippen LogP contribution in [0.3, 0.4) is 0 Å². The second-order valence-corrected chi connectivity index (χ2v) is 5.43. The molecule has 2 amide bonds. The molecule has 0 heterocycles. The zero-order valence-electron chi connectivity index (χ0n) is 11.9. The number of hydrogen-bond donors (Lipinski definition) is 3. The van der Waals surface area contributed by atoms with Crippen molar-refractivity contribution in [3.05, 3.63) is 42.0 Å². The molecule has 1 aromatic rings. The summed E-state index contributed by atoms with van der Waals surface area (Å²) in [6.45, 7) is 5.46. The quantitative estimate of drug-likeness (QED) is 0.789. The van der Waals surface area contributed by atoms with E-state index in [2.05, 4.69) is 10.6 Å². The number of carboxylic acid groups (broad SMARTS) is 1. The van der Waals surface area contributed by atoms with Gasteiger partial charge in [0.05, 0.1) is 0 Å². The van der Waals surface area contributed by atoms with Gasteiger partial charge in [-0.15, -0.1) is 0 Å². The third-order valence-corrected chi connectivity index (χ3v) is 2.32. The number of urea groups is 1. The summed E-state index contributed by atoms with van der Waals surface area (Å²) in [5, 5.41) is 14.2. The number of hydrogen-bond acceptors (Lipinski definition) is 2. The minimum atomic E-state index is -1.11. The number of aliphatic carboxylic acids is 1. The molecule has 0 aliphatic rings. The second-order valence-electron chi connectivity index (χ2n) is 5.43. The van der Waals surface area contributed by atoms with E-state index in [4.69, 9.17) is 5.11 Å². The Bertz CT molecular complexity index is 490. The van der Waals surface area contributed by atoms with Crippen LogP contribution in [0.1, 0.15) is 26.3 Å². The van der Waals surface area contributed by atoms with Crippen molar-refractivity contribution in [1.29, 1.82) is 0 Å². The normalized spacial score (nSPS) is 12.9. The van der Waals surface area contributed by atoms with Crippen molar-refractivity contribution in [2.24, 2.45) is 0 Å². The Morgan fingerprint density at radius 3 is 2.30 bits per heavy atom. The largest absolute Gasteiger partial charge is 0.479 e. The molecule has 5 nitrogen and oxygen atoms in total. The number of nitrogens with one attached hydrogen (secondary N) is 2. The van der Waals surface area contributed by atoms with Gasteiger partial charge in [-0.05, 0) is 26.3 Å². The average molecular weight is 276 g/mol. The topological polar surface area (TPSA) is 78.4 Å². The standard InChI is InChI=1S/C15H20N2O3/c1-15(2,3)17-14(20)16-12(13(18)19)10-9-11-7-5-4-6-8-11/h4-10,12H,1-3H3,(H,18,19)(H2,16,17,20)/b10-9-/t12-/m0/s1. The highest BCUT2D eigenvalue weighted by Crippen LogP contribution is 2.03. The van der Waals surface area contributed by atoms with Crippen LogP contribution in [-0.2, 0) is 4.79 Å². The molecule has 0 spiro atoms. The number of rotatable bonds is 4. The Morgan fingerprint density at radius 1 is 1.20 bits per heavy atom. The molecule has 1 aromatic carbocycles. The SMILES string of the molecule is CC(C)(C)NC(=O)N[C@@H](/C=C\c1ccccc1)C(=O)O. The highest BCUT2D eigenvalue weighted by molar-refractivity contribution is 5.85. The maximum Gasteiger partial charge on any atom is 0.330 e. The number of carbonyl (C=O) groups is 2. The van der Waals surface area contributed by atoms with E-state index in [0.717, 1.165) is 5.56 Å². The molecular formula is C15H20N2O3. The first-order valence-corrected chi connectivity index (χ1v) is 6.33. The number of amides is 2. The van der Waals surface area contributed by atoms with Gasteiger partial charge < -0.3 is 15.7 Å². The maximum absolute atomic E-state index is 11.7. The van der Waals surface area contributed by atoms with Gasteiger partial charge in [0.1, 0.15) is 6.04 Å². The molecule has 3 N–H and O–H groups in total. The molecule has 0 aliphatic carbocycles. The molecule has 1 rings (SSSR count). The molecule has 0 radical (unpaired) electrons. The lowest BCUT2D eigenvalue weighted by atomic mass is 10.1.